The molecule has 0 aliphatic carbocycles. The van der Waals surface area contributed by atoms with Crippen LogP contribution in [-0.4, -0.2) is 12.6 Å². The summed E-state index contributed by atoms with van der Waals surface area (Å²) in [6.07, 6.45) is 4.97. The van der Waals surface area contributed by atoms with Crippen molar-refractivity contribution in [3.8, 4) is 0 Å². The van der Waals surface area contributed by atoms with Crippen molar-refractivity contribution in [2.45, 2.75) is 31.7 Å². The molecule has 1 heterocycles. The molecule has 0 saturated carbocycles. The standard InChI is InChI=1S/C12H15BrClN/c13-10-5-4-9(12(14)8-10)7-11-3-1-2-6-15-11/h4-5,8,11,15H,1-3,6-7H2. The van der Waals surface area contributed by atoms with E-state index in [0.29, 0.717) is 6.04 Å². The highest BCUT2D eigenvalue weighted by atomic mass is 79.9. The first-order valence-electron chi connectivity index (χ1n) is 5.43. The van der Waals surface area contributed by atoms with Gasteiger partial charge in [-0.3, -0.25) is 0 Å². The summed E-state index contributed by atoms with van der Waals surface area (Å²) in [5, 5.41) is 4.41. The maximum Gasteiger partial charge on any atom is 0.0449 e. The number of piperidine rings is 1. The second kappa shape index (κ2) is 5.33. The number of rotatable bonds is 2. The Hall–Kier alpha value is -0.0500. The third kappa shape index (κ3) is 3.20. The van der Waals surface area contributed by atoms with Gasteiger partial charge in [-0.15, -0.1) is 0 Å². The van der Waals surface area contributed by atoms with Gasteiger partial charge in [-0.2, -0.15) is 0 Å². The monoisotopic (exact) mass is 287 g/mol. The van der Waals surface area contributed by atoms with Gasteiger partial charge < -0.3 is 5.32 Å². The number of benzene rings is 1. The molecule has 1 fully saturated rings. The lowest BCUT2D eigenvalue weighted by molar-refractivity contribution is 0.399. The molecule has 15 heavy (non-hydrogen) atoms. The van der Waals surface area contributed by atoms with Gasteiger partial charge in [0.2, 0.25) is 0 Å². The topological polar surface area (TPSA) is 12.0 Å². The summed E-state index contributed by atoms with van der Waals surface area (Å²) in [6.45, 7) is 1.15. The van der Waals surface area contributed by atoms with Gasteiger partial charge >= 0.3 is 0 Å². The summed E-state index contributed by atoms with van der Waals surface area (Å²) in [7, 11) is 0. The second-order valence-electron chi connectivity index (χ2n) is 4.09. The van der Waals surface area contributed by atoms with Crippen LogP contribution in [0, 0.1) is 0 Å². The van der Waals surface area contributed by atoms with Crippen LogP contribution in [-0.2, 0) is 6.42 Å². The van der Waals surface area contributed by atoms with E-state index in [2.05, 4.69) is 33.4 Å². The van der Waals surface area contributed by atoms with Gasteiger partial charge in [0.05, 0.1) is 0 Å². The van der Waals surface area contributed by atoms with Crippen LogP contribution < -0.4 is 5.32 Å². The number of hydrogen-bond donors (Lipinski definition) is 1. The van der Waals surface area contributed by atoms with Gasteiger partial charge in [0.15, 0.2) is 0 Å². The minimum atomic E-state index is 0.609. The molecule has 1 aromatic carbocycles. The highest BCUT2D eigenvalue weighted by Gasteiger charge is 2.14. The molecule has 82 valence electrons. The van der Waals surface area contributed by atoms with Gasteiger partial charge in [0, 0.05) is 15.5 Å². The summed E-state index contributed by atoms with van der Waals surface area (Å²) < 4.78 is 1.05. The lowest BCUT2D eigenvalue weighted by Gasteiger charge is -2.23. The van der Waals surface area contributed by atoms with Crippen LogP contribution in [0.1, 0.15) is 24.8 Å². The predicted molar refractivity (Wildman–Crippen MR) is 68.5 cm³/mol. The average molecular weight is 289 g/mol. The Morgan fingerprint density at radius 2 is 2.27 bits per heavy atom. The minimum Gasteiger partial charge on any atom is -0.314 e. The molecular weight excluding hydrogens is 273 g/mol. The molecule has 1 atom stereocenters. The maximum atomic E-state index is 6.19. The molecule has 1 aliphatic heterocycles. The molecule has 3 heteroatoms. The molecule has 0 bridgehead atoms. The van der Waals surface area contributed by atoms with Gasteiger partial charge in [-0.1, -0.05) is 40.0 Å². The molecule has 1 unspecified atom stereocenters. The number of nitrogens with one attached hydrogen (secondary N) is 1. The van der Waals surface area contributed by atoms with E-state index in [0.717, 1.165) is 22.5 Å². The number of hydrogen-bond acceptors (Lipinski definition) is 1. The summed E-state index contributed by atoms with van der Waals surface area (Å²) in [6, 6.07) is 6.75. The Labute approximate surface area is 104 Å². The molecule has 0 radical (unpaired) electrons. The SMILES string of the molecule is Clc1cc(Br)ccc1CC1CCCCN1. The fourth-order valence-corrected chi connectivity index (χ4v) is 2.80. The molecule has 0 aromatic heterocycles. The second-order valence-corrected chi connectivity index (χ2v) is 5.41. The van der Waals surface area contributed by atoms with Crippen LogP contribution in [0.4, 0.5) is 0 Å². The maximum absolute atomic E-state index is 6.19. The van der Waals surface area contributed by atoms with Crippen molar-refractivity contribution in [2.24, 2.45) is 0 Å². The molecule has 0 spiro atoms. The third-order valence-corrected chi connectivity index (χ3v) is 3.74. The molecule has 1 aromatic rings. The average Bonchev–Trinajstić information content (AvgIpc) is 2.24. The molecular formula is C12H15BrClN. The van der Waals surface area contributed by atoms with E-state index in [4.69, 9.17) is 11.6 Å². The molecule has 2 rings (SSSR count). The summed E-state index contributed by atoms with van der Waals surface area (Å²) >= 11 is 9.61. The molecule has 0 amide bonds. The van der Waals surface area contributed by atoms with E-state index in [1.807, 2.05) is 6.07 Å². The minimum absolute atomic E-state index is 0.609. The first-order valence-corrected chi connectivity index (χ1v) is 6.60. The van der Waals surface area contributed by atoms with Crippen LogP contribution in [0.5, 0.6) is 0 Å². The van der Waals surface area contributed by atoms with Crippen molar-refractivity contribution in [2.75, 3.05) is 6.54 Å². The first-order chi connectivity index (χ1) is 7.25. The van der Waals surface area contributed by atoms with Gasteiger partial charge in [-0.25, -0.2) is 0 Å². The van der Waals surface area contributed by atoms with E-state index in [9.17, 15) is 0 Å². The Balaban J connectivity index is 2.03. The van der Waals surface area contributed by atoms with E-state index < -0.39 is 0 Å². The van der Waals surface area contributed by atoms with Crippen molar-refractivity contribution in [1.29, 1.82) is 0 Å². The molecule has 1 aliphatic rings. The Kier molecular flexibility index (Phi) is 4.06. The first kappa shape index (κ1) is 11.4. The van der Waals surface area contributed by atoms with E-state index >= 15 is 0 Å². The predicted octanol–water partition coefficient (Wildman–Crippen LogP) is 3.79. The van der Waals surface area contributed by atoms with Gasteiger partial charge in [-0.05, 0) is 43.5 Å². The molecule has 1 N–H and O–H groups in total. The number of halogens is 2. The van der Waals surface area contributed by atoms with Crippen LogP contribution in [0.2, 0.25) is 5.02 Å². The van der Waals surface area contributed by atoms with Crippen LogP contribution in [0.15, 0.2) is 22.7 Å². The van der Waals surface area contributed by atoms with Crippen LogP contribution >= 0.6 is 27.5 Å². The molecule has 1 nitrogen and oxygen atoms in total. The zero-order valence-electron chi connectivity index (χ0n) is 8.60. The van der Waals surface area contributed by atoms with Crippen LogP contribution in [0.25, 0.3) is 0 Å². The lowest BCUT2D eigenvalue weighted by Crippen LogP contribution is -2.35. The fraction of sp³-hybridized carbons (Fsp3) is 0.500. The quantitative estimate of drug-likeness (QED) is 0.873. The zero-order valence-corrected chi connectivity index (χ0v) is 10.9. The zero-order chi connectivity index (χ0) is 10.7. The highest BCUT2D eigenvalue weighted by Crippen LogP contribution is 2.23. The van der Waals surface area contributed by atoms with Crippen molar-refractivity contribution >= 4 is 27.5 Å². The van der Waals surface area contributed by atoms with Gasteiger partial charge in [0.1, 0.15) is 0 Å². The van der Waals surface area contributed by atoms with E-state index in [-0.39, 0.29) is 0 Å². The van der Waals surface area contributed by atoms with Crippen molar-refractivity contribution < 1.29 is 0 Å². The Morgan fingerprint density at radius 3 is 2.93 bits per heavy atom. The van der Waals surface area contributed by atoms with Crippen molar-refractivity contribution in [3.05, 3.63) is 33.3 Å². The summed E-state index contributed by atoms with van der Waals surface area (Å²) in [4.78, 5) is 0. The third-order valence-electron chi connectivity index (χ3n) is 2.89. The van der Waals surface area contributed by atoms with Crippen molar-refractivity contribution in [1.82, 2.24) is 5.32 Å². The van der Waals surface area contributed by atoms with Gasteiger partial charge in [0.25, 0.3) is 0 Å². The molecule has 1 saturated heterocycles. The summed E-state index contributed by atoms with van der Waals surface area (Å²) in [5.41, 5.74) is 1.25. The van der Waals surface area contributed by atoms with E-state index in [1.54, 1.807) is 0 Å². The smallest absolute Gasteiger partial charge is 0.0449 e. The normalized spacial score (nSPS) is 21.6. The Bertz CT molecular complexity index is 334. The Morgan fingerprint density at radius 1 is 1.40 bits per heavy atom. The summed E-state index contributed by atoms with van der Waals surface area (Å²) in [5.74, 6) is 0. The fourth-order valence-electron chi connectivity index (χ4n) is 2.05. The lowest BCUT2D eigenvalue weighted by atomic mass is 9.98. The largest absolute Gasteiger partial charge is 0.314 e. The van der Waals surface area contributed by atoms with Crippen molar-refractivity contribution in [3.63, 3.8) is 0 Å². The highest BCUT2D eigenvalue weighted by molar-refractivity contribution is 9.10. The van der Waals surface area contributed by atoms with Crippen LogP contribution in [0.3, 0.4) is 0 Å². The van der Waals surface area contributed by atoms with E-state index in [1.165, 1.54) is 24.8 Å².